The minimum atomic E-state index is -0.864. The highest BCUT2D eigenvalue weighted by atomic mass is 16.5. The predicted molar refractivity (Wildman–Crippen MR) is 51.6 cm³/mol. The van der Waals surface area contributed by atoms with Gasteiger partial charge in [-0.25, -0.2) is 4.79 Å². The highest BCUT2D eigenvalue weighted by Crippen LogP contribution is 1.99. The molecule has 0 saturated carbocycles. The Bertz CT molecular complexity index is 204. The topological polar surface area (TPSA) is 46.5 Å². The second kappa shape index (κ2) is 7.55. The first-order valence-corrected chi connectivity index (χ1v) is 4.33. The van der Waals surface area contributed by atoms with Gasteiger partial charge in [-0.15, -0.1) is 0 Å². The molecule has 0 spiro atoms. The molecule has 0 bridgehead atoms. The van der Waals surface area contributed by atoms with E-state index >= 15 is 0 Å². The van der Waals surface area contributed by atoms with Gasteiger partial charge in [0.05, 0.1) is 13.2 Å². The van der Waals surface area contributed by atoms with Crippen LogP contribution in [0.25, 0.3) is 0 Å². The lowest BCUT2D eigenvalue weighted by molar-refractivity contribution is -0.132. The summed E-state index contributed by atoms with van der Waals surface area (Å²) in [5.74, 6) is -0.864. The summed E-state index contributed by atoms with van der Waals surface area (Å²) in [5.41, 5.74) is 0.403. The van der Waals surface area contributed by atoms with Gasteiger partial charge in [0.25, 0.3) is 0 Å². The van der Waals surface area contributed by atoms with Gasteiger partial charge in [0.15, 0.2) is 0 Å². The molecular formula is C10H16O3. The number of hydrogen-bond acceptors (Lipinski definition) is 2. The largest absolute Gasteiger partial charge is 0.478 e. The van der Waals surface area contributed by atoms with E-state index in [1.54, 1.807) is 6.08 Å². The van der Waals surface area contributed by atoms with Crippen molar-refractivity contribution < 1.29 is 14.6 Å². The van der Waals surface area contributed by atoms with Crippen molar-refractivity contribution in [1.82, 2.24) is 0 Å². The van der Waals surface area contributed by atoms with Crippen molar-refractivity contribution in [3.8, 4) is 0 Å². The Kier molecular flexibility index (Phi) is 6.92. The molecule has 0 aliphatic heterocycles. The van der Waals surface area contributed by atoms with Crippen molar-refractivity contribution in [2.24, 2.45) is 0 Å². The lowest BCUT2D eigenvalue weighted by atomic mass is 10.2. The van der Waals surface area contributed by atoms with Gasteiger partial charge in [0.1, 0.15) is 0 Å². The fourth-order valence-electron chi connectivity index (χ4n) is 0.775. The first-order chi connectivity index (χ1) is 6.22. The summed E-state index contributed by atoms with van der Waals surface area (Å²) in [6, 6.07) is 0. The van der Waals surface area contributed by atoms with E-state index in [0.717, 1.165) is 0 Å². The number of ether oxygens (including phenoxy) is 1. The molecule has 0 fully saturated rings. The molecular weight excluding hydrogens is 168 g/mol. The molecule has 1 N–H and O–H groups in total. The van der Waals surface area contributed by atoms with Gasteiger partial charge < -0.3 is 9.84 Å². The summed E-state index contributed by atoms with van der Waals surface area (Å²) in [5, 5.41) is 8.64. The van der Waals surface area contributed by atoms with Crippen LogP contribution in [0, 0.1) is 0 Å². The zero-order chi connectivity index (χ0) is 10.1. The molecule has 0 saturated heterocycles. The van der Waals surface area contributed by atoms with Crippen LogP contribution >= 0.6 is 0 Å². The van der Waals surface area contributed by atoms with E-state index in [1.165, 1.54) is 0 Å². The Balaban J connectivity index is 3.74. The smallest absolute Gasteiger partial charge is 0.331 e. The quantitative estimate of drug-likeness (QED) is 0.390. The van der Waals surface area contributed by atoms with E-state index in [1.807, 2.05) is 26.0 Å². The van der Waals surface area contributed by atoms with Crippen molar-refractivity contribution in [3.63, 3.8) is 0 Å². The van der Waals surface area contributed by atoms with E-state index in [4.69, 9.17) is 9.84 Å². The average molecular weight is 184 g/mol. The van der Waals surface area contributed by atoms with Crippen molar-refractivity contribution in [3.05, 3.63) is 23.8 Å². The molecule has 3 heteroatoms. The van der Waals surface area contributed by atoms with Gasteiger partial charge in [-0.1, -0.05) is 19.1 Å². The molecule has 0 atom stereocenters. The maximum absolute atomic E-state index is 10.5. The molecule has 0 aromatic carbocycles. The first-order valence-electron chi connectivity index (χ1n) is 4.33. The third-order valence-electron chi connectivity index (χ3n) is 1.55. The van der Waals surface area contributed by atoms with Crippen molar-refractivity contribution >= 4 is 5.97 Å². The lowest BCUT2D eigenvalue weighted by Gasteiger charge is -1.98. The third kappa shape index (κ3) is 6.11. The normalized spacial score (nSPS) is 12.3. The van der Waals surface area contributed by atoms with Gasteiger partial charge in [0.2, 0.25) is 0 Å². The summed E-state index contributed by atoms with van der Waals surface area (Å²) in [7, 11) is 0. The summed E-state index contributed by atoms with van der Waals surface area (Å²) >= 11 is 0. The molecule has 3 nitrogen and oxygen atoms in total. The molecule has 0 aromatic heterocycles. The van der Waals surface area contributed by atoms with Gasteiger partial charge in [-0.05, 0) is 19.4 Å². The summed E-state index contributed by atoms with van der Waals surface area (Å²) in [6.45, 7) is 4.61. The number of carbonyl (C=O) groups is 1. The third-order valence-corrected chi connectivity index (χ3v) is 1.55. The Morgan fingerprint density at radius 2 is 2.15 bits per heavy atom. The first kappa shape index (κ1) is 11.9. The van der Waals surface area contributed by atoms with Crippen molar-refractivity contribution in [1.29, 1.82) is 0 Å². The lowest BCUT2D eigenvalue weighted by Crippen LogP contribution is -2.01. The highest BCUT2D eigenvalue weighted by Gasteiger charge is 2.01. The zero-order valence-electron chi connectivity index (χ0n) is 8.12. The molecule has 74 valence electrons. The van der Waals surface area contributed by atoms with Crippen LogP contribution in [0.2, 0.25) is 0 Å². The van der Waals surface area contributed by atoms with Crippen LogP contribution in [0.4, 0.5) is 0 Å². The fraction of sp³-hybridized carbons (Fsp3) is 0.500. The minimum absolute atomic E-state index is 0.361. The maximum Gasteiger partial charge on any atom is 0.331 e. The SMILES string of the molecule is CC=CCOCC=C(CC)C(=O)O. The monoisotopic (exact) mass is 184 g/mol. The number of rotatable bonds is 6. The van der Waals surface area contributed by atoms with Gasteiger partial charge >= 0.3 is 5.97 Å². The summed E-state index contributed by atoms with van der Waals surface area (Å²) in [4.78, 5) is 10.5. The second-order valence-corrected chi connectivity index (χ2v) is 2.49. The van der Waals surface area contributed by atoms with Crippen LogP contribution in [-0.4, -0.2) is 24.3 Å². The molecule has 0 unspecified atom stereocenters. The Morgan fingerprint density at radius 3 is 2.62 bits per heavy atom. The molecule has 0 rings (SSSR count). The zero-order valence-corrected chi connectivity index (χ0v) is 8.12. The summed E-state index contributed by atoms with van der Waals surface area (Å²) in [6.07, 6.45) is 5.90. The molecule has 0 aliphatic carbocycles. The van der Waals surface area contributed by atoms with Crippen LogP contribution < -0.4 is 0 Å². The number of allylic oxidation sites excluding steroid dienone is 1. The van der Waals surface area contributed by atoms with E-state index < -0.39 is 5.97 Å². The standard InChI is InChI=1S/C10H16O3/c1-3-5-7-13-8-6-9(4-2)10(11)12/h3,5-6H,4,7-8H2,1-2H3,(H,11,12). The molecule has 0 radical (unpaired) electrons. The van der Waals surface area contributed by atoms with E-state index in [0.29, 0.717) is 25.2 Å². The fourth-order valence-corrected chi connectivity index (χ4v) is 0.775. The maximum atomic E-state index is 10.5. The van der Waals surface area contributed by atoms with Crippen LogP contribution in [0.5, 0.6) is 0 Å². The molecule has 0 aromatic rings. The van der Waals surface area contributed by atoms with Crippen LogP contribution in [-0.2, 0) is 9.53 Å². The van der Waals surface area contributed by atoms with Crippen molar-refractivity contribution in [2.45, 2.75) is 20.3 Å². The Labute approximate surface area is 78.7 Å². The average Bonchev–Trinajstić information content (AvgIpc) is 2.10. The van der Waals surface area contributed by atoms with E-state index in [2.05, 4.69) is 0 Å². The Morgan fingerprint density at radius 1 is 1.46 bits per heavy atom. The van der Waals surface area contributed by atoms with Gasteiger partial charge in [-0.2, -0.15) is 0 Å². The van der Waals surface area contributed by atoms with E-state index in [9.17, 15) is 4.79 Å². The number of hydrogen-bond donors (Lipinski definition) is 1. The molecule has 0 heterocycles. The molecule has 0 aliphatic rings. The van der Waals surface area contributed by atoms with Crippen LogP contribution in [0.15, 0.2) is 23.8 Å². The van der Waals surface area contributed by atoms with E-state index in [-0.39, 0.29) is 0 Å². The summed E-state index contributed by atoms with van der Waals surface area (Å²) < 4.78 is 5.13. The number of aliphatic carboxylic acids is 1. The number of carboxylic acids is 1. The van der Waals surface area contributed by atoms with Crippen LogP contribution in [0.3, 0.4) is 0 Å². The highest BCUT2D eigenvalue weighted by molar-refractivity contribution is 5.86. The van der Waals surface area contributed by atoms with Gasteiger partial charge in [-0.3, -0.25) is 0 Å². The second-order valence-electron chi connectivity index (χ2n) is 2.49. The number of carboxylic acid groups (broad SMARTS) is 1. The van der Waals surface area contributed by atoms with Gasteiger partial charge in [0, 0.05) is 5.57 Å². The van der Waals surface area contributed by atoms with Crippen LogP contribution in [0.1, 0.15) is 20.3 Å². The molecule has 13 heavy (non-hydrogen) atoms. The molecule has 0 amide bonds. The Hall–Kier alpha value is -1.09. The predicted octanol–water partition coefficient (Wildman–Crippen LogP) is 2.00. The minimum Gasteiger partial charge on any atom is -0.478 e. The van der Waals surface area contributed by atoms with Crippen molar-refractivity contribution in [2.75, 3.05) is 13.2 Å².